The predicted molar refractivity (Wildman–Crippen MR) is 418 cm³/mol. The fourth-order valence-electron chi connectivity index (χ4n) is 27.2. The predicted octanol–water partition coefficient (Wildman–Crippen LogP) is 14.0. The van der Waals surface area contributed by atoms with Gasteiger partial charge in [-0.05, 0) is 176 Å². The number of nitrogens with zero attached hydrogens (tertiary/aromatic N) is 1. The Labute approximate surface area is 638 Å². The van der Waals surface area contributed by atoms with E-state index >= 15 is 0 Å². The number of hydrogen-bond acceptors (Lipinski definition) is 17. The van der Waals surface area contributed by atoms with Crippen molar-refractivity contribution in [3.63, 3.8) is 0 Å². The van der Waals surface area contributed by atoms with Crippen molar-refractivity contribution in [2.75, 3.05) is 66.4 Å². The molecule has 0 aromatic heterocycles. The first-order valence-corrected chi connectivity index (χ1v) is 46.5. The summed E-state index contributed by atoms with van der Waals surface area (Å²) in [6.45, 7) is 26.3. The average Bonchev–Trinajstić information content (AvgIpc) is 1.43. The second-order valence-electron chi connectivity index (χ2n) is 37.8. The van der Waals surface area contributed by atoms with Crippen LogP contribution in [-0.2, 0) is 37.9 Å². The molecule has 6 heterocycles. The maximum atomic E-state index is 7.93. The molecule has 105 heavy (non-hydrogen) atoms. The van der Waals surface area contributed by atoms with Gasteiger partial charge in [-0.25, -0.2) is 0 Å². The van der Waals surface area contributed by atoms with Crippen molar-refractivity contribution in [1.29, 1.82) is 0 Å². The summed E-state index contributed by atoms with van der Waals surface area (Å²) in [4.78, 5) is 2.84. The van der Waals surface area contributed by atoms with E-state index in [4.69, 9.17) is 75.1 Å². The molecule has 17 heteroatoms. The van der Waals surface area contributed by atoms with Gasteiger partial charge in [0.1, 0.15) is 0 Å². The number of rotatable bonds is 32. The lowest BCUT2D eigenvalue weighted by molar-refractivity contribution is -0.191. The van der Waals surface area contributed by atoms with Gasteiger partial charge < -0.3 is 43.2 Å². The average molecular weight is 1470 g/mol. The van der Waals surface area contributed by atoms with E-state index in [0.717, 1.165) is 199 Å². The van der Waals surface area contributed by atoms with Crippen molar-refractivity contribution < 1.29 is 37.9 Å². The zero-order valence-corrected chi connectivity index (χ0v) is 67.9. The van der Waals surface area contributed by atoms with Gasteiger partial charge >= 0.3 is 0 Å². The van der Waals surface area contributed by atoms with Crippen LogP contribution in [0.1, 0.15) is 274 Å². The van der Waals surface area contributed by atoms with E-state index in [9.17, 15) is 0 Å². The number of nitrogens with one attached hydrogen (secondary N) is 8. The highest BCUT2D eigenvalue weighted by atomic mass is 16.5. The second-order valence-corrected chi connectivity index (χ2v) is 37.8. The van der Waals surface area contributed by atoms with Crippen LogP contribution >= 0.6 is 0 Å². The van der Waals surface area contributed by atoms with Crippen LogP contribution < -0.4 is 42.5 Å². The first-order valence-electron chi connectivity index (χ1n) is 46.5. The van der Waals surface area contributed by atoms with Gasteiger partial charge in [0.2, 0.25) is 0 Å². The Hall–Kier alpha value is -0.680. The van der Waals surface area contributed by atoms with Crippen LogP contribution in [0.3, 0.4) is 0 Å². The van der Waals surface area contributed by atoms with E-state index in [-0.39, 0.29) is 152 Å². The van der Waals surface area contributed by atoms with E-state index in [2.05, 4.69) is 72.7 Å². The highest BCUT2D eigenvalue weighted by molar-refractivity contribution is 5.21. The van der Waals surface area contributed by atoms with Gasteiger partial charge in [0.25, 0.3) is 0 Å². The Kier molecular flexibility index (Phi) is 28.6. The van der Waals surface area contributed by atoms with Gasteiger partial charge in [0.15, 0.2) is 0 Å². The molecule has 15 fully saturated rings. The summed E-state index contributed by atoms with van der Waals surface area (Å²) in [6.07, 6.45) is 40.9. The van der Waals surface area contributed by atoms with Gasteiger partial charge in [-0.2, -0.15) is 0 Å². The molecule has 0 aromatic carbocycles. The van der Waals surface area contributed by atoms with Gasteiger partial charge in [0, 0.05) is 112 Å². The van der Waals surface area contributed by atoms with E-state index < -0.39 is 0 Å². The Morgan fingerprint density at radius 3 is 0.790 bits per heavy atom. The fraction of sp³-hybridized carbons (Fsp3) is 1.00. The summed E-state index contributed by atoms with van der Waals surface area (Å²) >= 11 is 0. The molecule has 9 saturated carbocycles. The third-order valence-electron chi connectivity index (χ3n) is 32.0. The number of fused-ring (bicyclic) bond motifs is 26. The molecular formula is C88H157N9O8. The molecule has 0 amide bonds. The number of hydrogen-bond donors (Lipinski definition) is 8. The summed E-state index contributed by atoms with van der Waals surface area (Å²) < 4.78 is 62.8. The molecule has 0 radical (unpaired) electrons. The van der Waals surface area contributed by atoms with Crippen molar-refractivity contribution in [3.05, 3.63) is 0 Å². The molecule has 0 spiro atoms. The molecule has 15 rings (SSSR count). The largest absolute Gasteiger partial charge is 0.378 e. The van der Waals surface area contributed by atoms with Crippen molar-refractivity contribution in [2.45, 2.75) is 378 Å². The minimum atomic E-state index is -0.0866. The van der Waals surface area contributed by atoms with Crippen LogP contribution in [0.2, 0.25) is 0 Å². The number of ether oxygens (including phenoxy) is 8. The Morgan fingerprint density at radius 1 is 0.257 bits per heavy atom. The molecule has 0 aromatic rings. The Balaban J connectivity index is 0.933. The normalized spacial score (nSPS) is 47.6. The molecule has 6 aliphatic heterocycles. The minimum absolute atomic E-state index is 0.0115. The third-order valence-corrected chi connectivity index (χ3v) is 32.0. The van der Waals surface area contributed by atoms with E-state index in [0.29, 0.717) is 41.4 Å². The molecule has 8 bridgehead atoms. The minimum Gasteiger partial charge on any atom is -0.378 e. The summed E-state index contributed by atoms with van der Waals surface area (Å²) in [6, 6.07) is 0.192. The summed E-state index contributed by atoms with van der Waals surface area (Å²) in [5.41, 5.74) is 0. The molecule has 6 saturated heterocycles. The smallest absolute Gasteiger partial charge is 0.0792 e. The zero-order chi connectivity index (χ0) is 72.1. The topological polar surface area (TPSA) is 173 Å². The van der Waals surface area contributed by atoms with Crippen molar-refractivity contribution in [1.82, 2.24) is 47.4 Å². The standard InChI is InChI=1S/C88H157N9O8/c1-10-18-41-98-73-57-37-30-31-38-58(57)74(99-42-19-11-2)65-64(73)81-90-82-66-67(77(102-45-22-14-5)61-50-54-34-27-26-33-53(54)49-60(61)76(66)101-44-21-13-4)83(91-82)92-84-68-69(79(104-47-24-16-7)63-52-56-36-29-28-35-55(56)51-62(63)78(68)103-46-23-15-6)86(94-84)96-88-71-70(87(97(88)9)95-85(65)93-81)75(100-43-20-12-3)59-39-32-40-89-72(59)80(71)105-48-25-17-8/h53-96H,10-52H2,1-9H3. The zero-order valence-electron chi connectivity index (χ0n) is 67.9. The maximum absolute atomic E-state index is 7.93. The molecule has 15 aliphatic rings. The molecule has 36 atom stereocenters. The molecule has 602 valence electrons. The SMILES string of the molecule is CCCCOC1C2CC3CCCCC3CC2C(OCCCC)C2C3NC(NC4NC(NC5C6C(OCCCC)C7CCCNC7C(OCCCC)C6C(NC6NC(N3)C3C(OCCCC)C7CC8CCCCC8CC7C(OCCCC)C63)N5C)C3C(OCCCC)C5CCCCC5C(OCCCC)C43)C12. The quantitative estimate of drug-likeness (QED) is 0.0299. The Morgan fingerprint density at radius 2 is 0.495 bits per heavy atom. The van der Waals surface area contributed by atoms with Crippen LogP contribution in [-0.4, -0.2) is 176 Å². The highest BCUT2D eigenvalue weighted by Crippen LogP contribution is 2.61. The number of piperidine rings is 1. The van der Waals surface area contributed by atoms with Crippen molar-refractivity contribution in [2.24, 2.45) is 112 Å². The van der Waals surface area contributed by atoms with Gasteiger partial charge in [-0.15, -0.1) is 0 Å². The monoisotopic (exact) mass is 1470 g/mol. The lowest BCUT2D eigenvalue weighted by Crippen LogP contribution is -2.68. The first-order chi connectivity index (χ1) is 51.7. The fourth-order valence-corrected chi connectivity index (χ4v) is 27.2. The third kappa shape index (κ3) is 16.3. The van der Waals surface area contributed by atoms with Crippen LogP contribution in [0.15, 0.2) is 0 Å². The maximum Gasteiger partial charge on any atom is 0.0792 e. The van der Waals surface area contributed by atoms with Gasteiger partial charge in [0.05, 0.1) is 98.2 Å². The van der Waals surface area contributed by atoms with Crippen molar-refractivity contribution >= 4 is 0 Å². The van der Waals surface area contributed by atoms with Crippen LogP contribution in [0.4, 0.5) is 0 Å². The van der Waals surface area contributed by atoms with E-state index in [1.165, 1.54) is 103 Å². The van der Waals surface area contributed by atoms with Gasteiger partial charge in [-0.1, -0.05) is 171 Å². The Bertz CT molecular complexity index is 2600. The molecule has 17 nitrogen and oxygen atoms in total. The van der Waals surface area contributed by atoms with Gasteiger partial charge in [-0.3, -0.25) is 42.1 Å². The lowest BCUT2D eigenvalue weighted by Gasteiger charge is -2.57. The highest BCUT2D eigenvalue weighted by Gasteiger charge is 2.70. The second kappa shape index (κ2) is 37.7. The van der Waals surface area contributed by atoms with Crippen LogP contribution in [0.5, 0.6) is 0 Å². The molecule has 9 aliphatic carbocycles. The van der Waals surface area contributed by atoms with E-state index in [1.807, 2.05) is 0 Å². The summed E-state index contributed by atoms with van der Waals surface area (Å²) in [7, 11) is 2.52. The van der Waals surface area contributed by atoms with Crippen LogP contribution in [0.25, 0.3) is 0 Å². The first kappa shape index (κ1) is 79.5. The lowest BCUT2D eigenvalue weighted by atomic mass is 9.53. The molecule has 36 unspecified atom stereocenters. The van der Waals surface area contributed by atoms with Crippen LogP contribution in [0, 0.1) is 112 Å². The molecule has 8 N–H and O–H groups in total. The summed E-state index contributed by atoms with van der Waals surface area (Å²) in [5.74, 6) is 7.10. The number of unbranched alkanes of at least 4 members (excludes halogenated alkanes) is 8. The van der Waals surface area contributed by atoms with Crippen molar-refractivity contribution in [3.8, 4) is 0 Å². The van der Waals surface area contributed by atoms with E-state index in [1.54, 1.807) is 0 Å². The summed E-state index contributed by atoms with van der Waals surface area (Å²) in [5, 5.41) is 37.9. The molecular weight excluding hydrogens is 1310 g/mol.